The quantitative estimate of drug-likeness (QED) is 0.525. The first-order chi connectivity index (χ1) is 9.31. The van der Waals surface area contributed by atoms with Crippen LogP contribution < -0.4 is 4.74 Å². The number of hydrogen-bond acceptors (Lipinski definition) is 1. The van der Waals surface area contributed by atoms with Crippen molar-refractivity contribution in [1.29, 1.82) is 0 Å². The first-order valence-corrected chi connectivity index (χ1v) is 6.76. The molecule has 0 fully saturated rings. The van der Waals surface area contributed by atoms with E-state index < -0.39 is 0 Å². The summed E-state index contributed by atoms with van der Waals surface area (Å²) in [5.74, 6) is 0.966. The summed E-state index contributed by atoms with van der Waals surface area (Å²) in [5.41, 5.74) is 0. The molecule has 0 aromatic heterocycles. The van der Waals surface area contributed by atoms with E-state index in [9.17, 15) is 0 Å². The van der Waals surface area contributed by atoms with Crippen LogP contribution in [-0.2, 0) is 0 Å². The summed E-state index contributed by atoms with van der Waals surface area (Å²) in [7, 11) is 1.73. The van der Waals surface area contributed by atoms with Crippen molar-refractivity contribution in [2.45, 2.75) is 20.3 Å². The molecular weight excluding hydrogens is 232 g/mol. The zero-order chi connectivity index (χ0) is 13.7. The van der Waals surface area contributed by atoms with Gasteiger partial charge in [0.25, 0.3) is 0 Å². The summed E-state index contributed by atoms with van der Waals surface area (Å²) >= 11 is 0. The van der Waals surface area contributed by atoms with Crippen molar-refractivity contribution < 1.29 is 4.74 Å². The second-order valence-corrected chi connectivity index (χ2v) is 4.56. The summed E-state index contributed by atoms with van der Waals surface area (Å²) in [5, 5.41) is 4.78. The first kappa shape index (κ1) is 13.4. The zero-order valence-electron chi connectivity index (χ0n) is 11.8. The molecule has 0 radical (unpaired) electrons. The molecular formula is C18H20O. The molecule has 0 N–H and O–H groups in total. The van der Waals surface area contributed by atoms with Crippen molar-refractivity contribution in [3.63, 3.8) is 0 Å². The Morgan fingerprint density at radius 2 is 1.21 bits per heavy atom. The Bertz CT molecular complexity index is 617. The highest BCUT2D eigenvalue weighted by atomic mass is 16.5. The Morgan fingerprint density at radius 1 is 0.789 bits per heavy atom. The van der Waals surface area contributed by atoms with Crippen molar-refractivity contribution in [3.05, 3.63) is 54.6 Å². The van der Waals surface area contributed by atoms with E-state index in [1.807, 2.05) is 12.1 Å². The van der Waals surface area contributed by atoms with Gasteiger partial charge in [0.15, 0.2) is 0 Å². The highest BCUT2D eigenvalue weighted by molar-refractivity contribution is 6.05. The third kappa shape index (κ3) is 2.70. The zero-order valence-corrected chi connectivity index (χ0v) is 11.8. The van der Waals surface area contributed by atoms with E-state index in [2.05, 4.69) is 56.3 Å². The van der Waals surface area contributed by atoms with Gasteiger partial charge in [-0.1, -0.05) is 68.8 Å². The molecule has 0 atom stereocenters. The number of ether oxygens (including phenoxy) is 1. The van der Waals surface area contributed by atoms with Gasteiger partial charge in [0.2, 0.25) is 0 Å². The van der Waals surface area contributed by atoms with Crippen molar-refractivity contribution in [2.24, 2.45) is 0 Å². The third-order valence-electron chi connectivity index (χ3n) is 2.93. The highest BCUT2D eigenvalue weighted by Gasteiger charge is 2.06. The van der Waals surface area contributed by atoms with Crippen LogP contribution in [0.4, 0.5) is 0 Å². The van der Waals surface area contributed by atoms with Gasteiger partial charge in [0.05, 0.1) is 7.11 Å². The number of benzene rings is 3. The summed E-state index contributed by atoms with van der Waals surface area (Å²) in [6, 6.07) is 18.8. The second kappa shape index (κ2) is 6.24. The molecule has 0 aliphatic heterocycles. The van der Waals surface area contributed by atoms with Gasteiger partial charge in [0, 0.05) is 10.8 Å². The molecule has 0 aliphatic rings. The Balaban J connectivity index is 0.000000408. The van der Waals surface area contributed by atoms with Crippen LogP contribution in [-0.4, -0.2) is 7.11 Å². The van der Waals surface area contributed by atoms with E-state index >= 15 is 0 Å². The summed E-state index contributed by atoms with van der Waals surface area (Å²) in [4.78, 5) is 0. The molecule has 3 rings (SSSR count). The molecule has 0 saturated heterocycles. The molecule has 1 nitrogen and oxygen atoms in total. The van der Waals surface area contributed by atoms with Gasteiger partial charge in [-0.2, -0.15) is 0 Å². The fourth-order valence-corrected chi connectivity index (χ4v) is 2.19. The van der Waals surface area contributed by atoms with E-state index in [1.54, 1.807) is 7.11 Å². The first-order valence-electron chi connectivity index (χ1n) is 6.76. The van der Waals surface area contributed by atoms with Gasteiger partial charge in [0.1, 0.15) is 5.75 Å². The molecule has 19 heavy (non-hydrogen) atoms. The van der Waals surface area contributed by atoms with Crippen LogP contribution in [0.2, 0.25) is 0 Å². The molecule has 98 valence electrons. The maximum atomic E-state index is 5.54. The SMILES string of the molecule is CCC.COc1c2ccccc2cc2ccccc12. The average molecular weight is 252 g/mol. The van der Waals surface area contributed by atoms with E-state index in [0.717, 1.165) is 5.75 Å². The highest BCUT2D eigenvalue weighted by Crippen LogP contribution is 2.34. The van der Waals surface area contributed by atoms with Crippen LogP contribution in [0.1, 0.15) is 20.3 Å². The molecule has 0 spiro atoms. The molecule has 1 heteroatoms. The minimum atomic E-state index is 0.966. The fourth-order valence-electron chi connectivity index (χ4n) is 2.19. The molecule has 0 amide bonds. The molecule has 0 aliphatic carbocycles. The van der Waals surface area contributed by atoms with Gasteiger partial charge in [-0.15, -0.1) is 0 Å². The molecule has 3 aromatic carbocycles. The lowest BCUT2D eigenvalue weighted by molar-refractivity contribution is 0.424. The molecule has 0 saturated carbocycles. The Kier molecular flexibility index (Phi) is 4.40. The van der Waals surface area contributed by atoms with Gasteiger partial charge >= 0.3 is 0 Å². The van der Waals surface area contributed by atoms with Crippen LogP contribution in [0.5, 0.6) is 5.75 Å². The Labute approximate surface area is 114 Å². The van der Waals surface area contributed by atoms with E-state index in [-0.39, 0.29) is 0 Å². The van der Waals surface area contributed by atoms with Crippen LogP contribution in [0.3, 0.4) is 0 Å². The summed E-state index contributed by atoms with van der Waals surface area (Å²) in [6.45, 7) is 4.25. The predicted octanol–water partition coefficient (Wildman–Crippen LogP) is 5.42. The topological polar surface area (TPSA) is 9.23 Å². The molecule has 0 heterocycles. The lowest BCUT2D eigenvalue weighted by atomic mass is 10.0. The maximum Gasteiger partial charge on any atom is 0.134 e. The number of methoxy groups -OCH3 is 1. The third-order valence-corrected chi connectivity index (χ3v) is 2.93. The van der Waals surface area contributed by atoms with Crippen LogP contribution in [0.25, 0.3) is 21.5 Å². The largest absolute Gasteiger partial charge is 0.495 e. The number of hydrogen-bond donors (Lipinski definition) is 0. The van der Waals surface area contributed by atoms with Gasteiger partial charge < -0.3 is 4.74 Å². The minimum absolute atomic E-state index is 0.966. The average Bonchev–Trinajstić information content (AvgIpc) is 2.45. The summed E-state index contributed by atoms with van der Waals surface area (Å²) in [6.07, 6.45) is 1.25. The Morgan fingerprint density at radius 3 is 1.63 bits per heavy atom. The second-order valence-electron chi connectivity index (χ2n) is 4.56. The van der Waals surface area contributed by atoms with Crippen LogP contribution >= 0.6 is 0 Å². The van der Waals surface area contributed by atoms with Crippen molar-refractivity contribution in [3.8, 4) is 5.75 Å². The number of rotatable bonds is 1. The maximum absolute atomic E-state index is 5.54. The van der Waals surface area contributed by atoms with Crippen LogP contribution in [0.15, 0.2) is 54.6 Å². The van der Waals surface area contributed by atoms with Crippen molar-refractivity contribution in [2.75, 3.05) is 7.11 Å². The molecule has 0 unspecified atom stereocenters. The van der Waals surface area contributed by atoms with Gasteiger partial charge in [-0.3, -0.25) is 0 Å². The fraction of sp³-hybridized carbons (Fsp3) is 0.222. The van der Waals surface area contributed by atoms with Crippen molar-refractivity contribution in [1.82, 2.24) is 0 Å². The summed E-state index contributed by atoms with van der Waals surface area (Å²) < 4.78 is 5.54. The smallest absolute Gasteiger partial charge is 0.134 e. The monoisotopic (exact) mass is 252 g/mol. The Hall–Kier alpha value is -2.02. The van der Waals surface area contributed by atoms with E-state index in [1.165, 1.54) is 28.0 Å². The lowest BCUT2D eigenvalue weighted by Gasteiger charge is -2.09. The van der Waals surface area contributed by atoms with Gasteiger partial charge in [-0.25, -0.2) is 0 Å². The van der Waals surface area contributed by atoms with Gasteiger partial charge in [-0.05, 0) is 16.8 Å². The number of fused-ring (bicyclic) bond motifs is 2. The van der Waals surface area contributed by atoms with Crippen LogP contribution in [0, 0.1) is 0 Å². The minimum Gasteiger partial charge on any atom is -0.495 e. The lowest BCUT2D eigenvalue weighted by Crippen LogP contribution is -1.87. The molecule has 3 aromatic rings. The van der Waals surface area contributed by atoms with E-state index in [0.29, 0.717) is 0 Å². The molecule has 0 bridgehead atoms. The standard InChI is InChI=1S/C15H12O.C3H8/c1-16-15-13-8-4-2-6-11(13)10-12-7-3-5-9-14(12)15;1-3-2/h2-10H,1H3;3H2,1-2H3. The van der Waals surface area contributed by atoms with E-state index in [4.69, 9.17) is 4.74 Å². The predicted molar refractivity (Wildman–Crippen MR) is 84.0 cm³/mol. The van der Waals surface area contributed by atoms with Crippen molar-refractivity contribution >= 4 is 21.5 Å². The normalized spacial score (nSPS) is 10.1.